The zero-order valence-electron chi connectivity index (χ0n) is 19.5. The van der Waals surface area contributed by atoms with Gasteiger partial charge in [0.15, 0.2) is 11.5 Å². The number of ether oxygens (including phenoxy) is 4. The van der Waals surface area contributed by atoms with E-state index in [-0.39, 0.29) is 18.5 Å². The highest BCUT2D eigenvalue weighted by Gasteiger charge is 2.59. The van der Waals surface area contributed by atoms with Crippen LogP contribution in [0.5, 0.6) is 17.2 Å². The van der Waals surface area contributed by atoms with Gasteiger partial charge in [-0.15, -0.1) is 0 Å². The maximum Gasteiger partial charge on any atom is 0.338 e. The van der Waals surface area contributed by atoms with E-state index in [0.29, 0.717) is 35.7 Å². The number of carbonyl (C=O) groups is 2. The number of benzene rings is 2. The Morgan fingerprint density at radius 1 is 1.06 bits per heavy atom. The molecule has 0 aromatic heterocycles. The van der Waals surface area contributed by atoms with Crippen molar-refractivity contribution in [2.45, 2.75) is 52.2 Å². The summed E-state index contributed by atoms with van der Waals surface area (Å²) in [6, 6.07) is 9.17. The molecule has 2 aliphatic rings. The number of rotatable bonds is 10. The smallest absolute Gasteiger partial charge is 0.338 e. The highest BCUT2D eigenvalue weighted by molar-refractivity contribution is 5.94. The number of fused-ring (bicyclic) bond motifs is 1. The molecule has 2 aromatic carbocycles. The van der Waals surface area contributed by atoms with Gasteiger partial charge in [0, 0.05) is 11.1 Å². The first-order valence-electron chi connectivity index (χ1n) is 11.4. The molecule has 1 N–H and O–H groups in total. The number of cyclic esters (lactones) is 1. The molecule has 1 aliphatic heterocycles. The van der Waals surface area contributed by atoms with Crippen LogP contribution in [0.15, 0.2) is 30.3 Å². The standard InChI is InChI=1S/C26H30O7/c1-5-15(6-2)23(26(11-12-26)25(28)29)33-21-18(9-10-20(30-3)22(21)31-4)16-7-8-19-17(13-16)14-32-24(19)27/h7-10,13,15,23H,5-6,11-12,14H2,1-4H3,(H,28,29). The number of carboxylic acid groups (broad SMARTS) is 1. The van der Waals surface area contributed by atoms with Crippen molar-refractivity contribution in [3.63, 3.8) is 0 Å². The van der Waals surface area contributed by atoms with Gasteiger partial charge in [0.25, 0.3) is 0 Å². The first-order valence-corrected chi connectivity index (χ1v) is 11.4. The number of methoxy groups -OCH3 is 2. The van der Waals surface area contributed by atoms with Gasteiger partial charge in [0.1, 0.15) is 18.1 Å². The third-order valence-corrected chi connectivity index (χ3v) is 6.98. The lowest BCUT2D eigenvalue weighted by molar-refractivity contribution is -0.149. The van der Waals surface area contributed by atoms with Crippen molar-refractivity contribution in [1.82, 2.24) is 0 Å². The number of carbonyl (C=O) groups excluding carboxylic acids is 1. The van der Waals surface area contributed by atoms with Gasteiger partial charge in [0.05, 0.1) is 19.8 Å². The normalized spacial score (nSPS) is 16.7. The summed E-state index contributed by atoms with van der Waals surface area (Å²) in [4.78, 5) is 24.2. The molecule has 33 heavy (non-hydrogen) atoms. The molecule has 0 bridgehead atoms. The first kappa shape index (κ1) is 23.0. The molecule has 1 aliphatic carbocycles. The second-order valence-electron chi connectivity index (χ2n) is 8.70. The van der Waals surface area contributed by atoms with E-state index in [1.165, 1.54) is 0 Å². The Morgan fingerprint density at radius 3 is 2.33 bits per heavy atom. The number of hydrogen-bond donors (Lipinski definition) is 1. The molecule has 0 spiro atoms. The fourth-order valence-corrected chi connectivity index (χ4v) is 4.80. The molecule has 1 heterocycles. The van der Waals surface area contributed by atoms with Crippen molar-refractivity contribution in [1.29, 1.82) is 0 Å². The van der Waals surface area contributed by atoms with Gasteiger partial charge in [-0.25, -0.2) is 4.79 Å². The molecule has 7 heteroatoms. The molecule has 0 amide bonds. The van der Waals surface area contributed by atoms with E-state index in [0.717, 1.165) is 29.5 Å². The molecule has 1 atom stereocenters. The minimum absolute atomic E-state index is 0.0680. The van der Waals surface area contributed by atoms with Crippen molar-refractivity contribution in [2.24, 2.45) is 11.3 Å². The molecule has 4 rings (SSSR count). The molecule has 2 aromatic rings. The molecule has 1 fully saturated rings. The molecule has 0 saturated heterocycles. The van der Waals surface area contributed by atoms with E-state index in [9.17, 15) is 14.7 Å². The van der Waals surface area contributed by atoms with Gasteiger partial charge in [-0.1, -0.05) is 19.9 Å². The van der Waals surface area contributed by atoms with E-state index < -0.39 is 17.5 Å². The van der Waals surface area contributed by atoms with Crippen LogP contribution in [0.2, 0.25) is 0 Å². The molecule has 176 valence electrons. The van der Waals surface area contributed by atoms with Crippen molar-refractivity contribution in [3.8, 4) is 28.4 Å². The summed E-state index contributed by atoms with van der Waals surface area (Å²) in [6.45, 7) is 4.34. The fraction of sp³-hybridized carbons (Fsp3) is 0.462. The molecular formula is C26H30O7. The fourth-order valence-electron chi connectivity index (χ4n) is 4.80. The molecular weight excluding hydrogens is 424 g/mol. The topological polar surface area (TPSA) is 91.3 Å². The Kier molecular flexibility index (Phi) is 6.23. The van der Waals surface area contributed by atoms with Crippen LogP contribution >= 0.6 is 0 Å². The maximum absolute atomic E-state index is 12.3. The Labute approximate surface area is 193 Å². The summed E-state index contributed by atoms with van der Waals surface area (Å²) in [7, 11) is 3.09. The lowest BCUT2D eigenvalue weighted by atomic mass is 9.84. The van der Waals surface area contributed by atoms with Crippen molar-refractivity contribution < 1.29 is 33.6 Å². The molecule has 1 unspecified atom stereocenters. The zero-order chi connectivity index (χ0) is 23.8. The Morgan fingerprint density at radius 2 is 1.76 bits per heavy atom. The van der Waals surface area contributed by atoms with Crippen LogP contribution < -0.4 is 14.2 Å². The summed E-state index contributed by atoms with van der Waals surface area (Å²) in [5, 5.41) is 10.1. The van der Waals surface area contributed by atoms with E-state index in [1.54, 1.807) is 26.4 Å². The van der Waals surface area contributed by atoms with E-state index in [1.807, 2.05) is 18.2 Å². The Bertz CT molecular complexity index is 1070. The van der Waals surface area contributed by atoms with E-state index in [4.69, 9.17) is 18.9 Å². The van der Waals surface area contributed by atoms with Gasteiger partial charge >= 0.3 is 11.9 Å². The highest BCUT2D eigenvalue weighted by Crippen LogP contribution is 2.55. The molecule has 0 radical (unpaired) electrons. The van der Waals surface area contributed by atoms with Crippen LogP contribution in [0.3, 0.4) is 0 Å². The summed E-state index contributed by atoms with van der Waals surface area (Å²) in [5.41, 5.74) is 2.03. The van der Waals surface area contributed by atoms with Crippen LogP contribution in [-0.2, 0) is 16.1 Å². The number of carboxylic acids is 1. The Hall–Kier alpha value is -3.22. The Balaban J connectivity index is 1.85. The van der Waals surface area contributed by atoms with Gasteiger partial charge in [-0.2, -0.15) is 0 Å². The van der Waals surface area contributed by atoms with Gasteiger partial charge in [-0.05, 0) is 61.4 Å². The number of aliphatic carboxylic acids is 1. The number of hydrogen-bond acceptors (Lipinski definition) is 6. The third-order valence-electron chi connectivity index (χ3n) is 6.98. The van der Waals surface area contributed by atoms with Crippen LogP contribution in [0, 0.1) is 11.3 Å². The van der Waals surface area contributed by atoms with Gasteiger partial charge in [0.2, 0.25) is 5.75 Å². The quantitative estimate of drug-likeness (QED) is 0.500. The summed E-state index contributed by atoms with van der Waals surface area (Å²) in [5.74, 6) is 0.284. The largest absolute Gasteiger partial charge is 0.493 e. The second-order valence-corrected chi connectivity index (χ2v) is 8.70. The SMILES string of the molecule is CCC(CC)C(Oc1c(-c2ccc3c(c2)COC3=O)ccc(OC)c1OC)C1(C(=O)O)CC1. The average molecular weight is 455 g/mol. The predicted molar refractivity (Wildman–Crippen MR) is 122 cm³/mol. The predicted octanol–water partition coefficient (Wildman–Crippen LogP) is 5.09. The third kappa shape index (κ3) is 3.90. The molecule has 1 saturated carbocycles. The van der Waals surface area contributed by atoms with Crippen molar-refractivity contribution >= 4 is 11.9 Å². The number of esters is 1. The lowest BCUT2D eigenvalue weighted by Crippen LogP contribution is -2.40. The summed E-state index contributed by atoms with van der Waals surface area (Å²) in [6.07, 6.45) is 2.27. The van der Waals surface area contributed by atoms with E-state index in [2.05, 4.69) is 13.8 Å². The lowest BCUT2D eigenvalue weighted by Gasteiger charge is -2.33. The van der Waals surface area contributed by atoms with Crippen molar-refractivity contribution in [2.75, 3.05) is 14.2 Å². The summed E-state index contributed by atoms with van der Waals surface area (Å²) >= 11 is 0. The second kappa shape index (κ2) is 8.96. The minimum atomic E-state index is -0.903. The van der Waals surface area contributed by atoms with Gasteiger partial charge < -0.3 is 24.1 Å². The maximum atomic E-state index is 12.3. The zero-order valence-corrected chi connectivity index (χ0v) is 19.5. The first-order chi connectivity index (χ1) is 15.9. The highest BCUT2D eigenvalue weighted by atomic mass is 16.5. The van der Waals surface area contributed by atoms with E-state index >= 15 is 0 Å². The average Bonchev–Trinajstić information content (AvgIpc) is 3.56. The van der Waals surface area contributed by atoms with Crippen LogP contribution in [0.4, 0.5) is 0 Å². The monoisotopic (exact) mass is 454 g/mol. The van der Waals surface area contributed by atoms with Crippen LogP contribution in [-0.4, -0.2) is 37.4 Å². The molecule has 7 nitrogen and oxygen atoms in total. The summed E-state index contributed by atoms with van der Waals surface area (Å²) < 4.78 is 23.0. The van der Waals surface area contributed by atoms with Gasteiger partial charge in [-0.3, -0.25) is 4.79 Å². The van der Waals surface area contributed by atoms with Crippen molar-refractivity contribution in [3.05, 3.63) is 41.5 Å². The van der Waals surface area contributed by atoms with Crippen LogP contribution in [0.25, 0.3) is 11.1 Å². The minimum Gasteiger partial charge on any atom is -0.493 e. The van der Waals surface area contributed by atoms with Crippen LogP contribution in [0.1, 0.15) is 55.5 Å².